The van der Waals surface area contributed by atoms with Gasteiger partial charge in [-0.2, -0.15) is 0 Å². The Kier molecular flexibility index (Phi) is 12.4. The first kappa shape index (κ1) is 30.7. The van der Waals surface area contributed by atoms with Gasteiger partial charge in [-0.3, -0.25) is 19.8 Å². The van der Waals surface area contributed by atoms with Crippen molar-refractivity contribution in [1.29, 1.82) is 5.41 Å². The van der Waals surface area contributed by atoms with Gasteiger partial charge < -0.3 is 41.1 Å². The average Bonchev–Trinajstić information content (AvgIpc) is 2.81. The van der Waals surface area contributed by atoms with Gasteiger partial charge in [-0.1, -0.05) is 13.8 Å². The summed E-state index contributed by atoms with van der Waals surface area (Å²) in [5, 5.41) is 28.7. The molecule has 0 unspecified atom stereocenters. The summed E-state index contributed by atoms with van der Waals surface area (Å²) in [5.41, 5.74) is 6.84. The van der Waals surface area contributed by atoms with Crippen molar-refractivity contribution in [2.75, 3.05) is 44.2 Å². The summed E-state index contributed by atoms with van der Waals surface area (Å²) >= 11 is 0. The van der Waals surface area contributed by atoms with Crippen LogP contribution < -0.4 is 21.3 Å². The van der Waals surface area contributed by atoms with Gasteiger partial charge in [0.1, 0.15) is 11.9 Å². The number of ether oxygens (including phenoxy) is 1. The van der Waals surface area contributed by atoms with Crippen molar-refractivity contribution in [3.05, 3.63) is 29.8 Å². The molecule has 0 aliphatic carbocycles. The van der Waals surface area contributed by atoms with Crippen LogP contribution in [0.2, 0.25) is 0 Å². The maximum absolute atomic E-state index is 12.5. The maximum Gasteiger partial charge on any atom is 0.407 e. The lowest BCUT2D eigenvalue weighted by Crippen LogP contribution is -2.54. The van der Waals surface area contributed by atoms with Gasteiger partial charge >= 0.3 is 12.1 Å². The second-order valence-corrected chi connectivity index (χ2v) is 8.55. The minimum atomic E-state index is -1.36. The Morgan fingerprint density at radius 3 is 2.22 bits per heavy atom. The molecule has 37 heavy (non-hydrogen) atoms. The molecule has 1 aliphatic heterocycles. The molecule has 0 spiro atoms. The molecule has 14 nitrogen and oxygen atoms in total. The molecule has 0 bridgehead atoms. The molecule has 204 valence electrons. The van der Waals surface area contributed by atoms with Crippen LogP contribution in [0, 0.1) is 11.3 Å². The molecule has 1 aromatic rings. The molecule has 7 N–H and O–H groups in total. The number of nitrogen functional groups attached to an aromatic ring is 1. The first-order valence-corrected chi connectivity index (χ1v) is 11.4. The fourth-order valence-corrected chi connectivity index (χ4v) is 3.02. The van der Waals surface area contributed by atoms with E-state index < -0.39 is 30.0 Å². The lowest BCUT2D eigenvalue weighted by Gasteiger charge is -2.35. The molecular formula is C23H34N6O8. The zero-order valence-corrected chi connectivity index (χ0v) is 21.0. The quantitative estimate of drug-likeness (QED) is 0.174. The topological polar surface area (TPSA) is 215 Å². The number of rotatable bonds is 10. The Bertz CT molecular complexity index is 978. The van der Waals surface area contributed by atoms with Crippen LogP contribution in [0.4, 0.5) is 10.5 Å². The van der Waals surface area contributed by atoms with Crippen LogP contribution in [0.15, 0.2) is 24.3 Å². The number of hydrogen-bond acceptors (Lipinski definition) is 8. The van der Waals surface area contributed by atoms with E-state index in [2.05, 4.69) is 10.6 Å². The fourth-order valence-electron chi connectivity index (χ4n) is 3.02. The number of nitrogens with two attached hydrogens (primary N) is 1. The van der Waals surface area contributed by atoms with Gasteiger partial charge in [0.15, 0.2) is 0 Å². The van der Waals surface area contributed by atoms with Gasteiger partial charge in [0, 0.05) is 37.8 Å². The number of hydrogen-bond donors (Lipinski definition) is 6. The van der Waals surface area contributed by atoms with Crippen molar-refractivity contribution in [3.8, 4) is 0 Å². The molecular weight excluding hydrogens is 488 g/mol. The number of carbonyl (C=O) groups excluding carboxylic acids is 3. The monoisotopic (exact) mass is 522 g/mol. The van der Waals surface area contributed by atoms with Crippen LogP contribution in [0.5, 0.6) is 0 Å². The second kappa shape index (κ2) is 14.9. The van der Waals surface area contributed by atoms with E-state index in [1.807, 2.05) is 18.7 Å². The van der Waals surface area contributed by atoms with Crippen LogP contribution >= 0.6 is 0 Å². The highest BCUT2D eigenvalue weighted by atomic mass is 16.5. The number of piperazine rings is 1. The summed E-state index contributed by atoms with van der Waals surface area (Å²) < 4.78 is 4.89. The highest BCUT2D eigenvalue weighted by Gasteiger charge is 2.27. The second-order valence-electron chi connectivity index (χ2n) is 8.55. The normalized spacial score (nSPS) is 13.7. The number of aliphatic carboxylic acids is 2. The standard InChI is InChI=1S/C21H30N6O6.C2H4O2/c1-13(2)12-33-21(32)25-16(20(30)31)9-24-17(28)10-27-8-7-26(11-18(27)29)15-5-3-14(4-6-15)19(22)23;1-2(3)4/h3-6,13,16H,7-12H2,1-2H3,(H3,22,23)(H,24,28)(H,25,32)(H,30,31);1H3,(H,3,4)/t16-;/m0./s1. The van der Waals surface area contributed by atoms with E-state index >= 15 is 0 Å². The molecule has 0 radical (unpaired) electrons. The van der Waals surface area contributed by atoms with Crippen LogP contribution in [0.3, 0.4) is 0 Å². The highest BCUT2D eigenvalue weighted by molar-refractivity contribution is 5.95. The number of benzene rings is 1. The van der Waals surface area contributed by atoms with Crippen LogP contribution in [-0.4, -0.2) is 96.2 Å². The van der Waals surface area contributed by atoms with Crippen molar-refractivity contribution in [2.45, 2.75) is 26.8 Å². The van der Waals surface area contributed by atoms with E-state index in [4.69, 9.17) is 25.8 Å². The predicted octanol–water partition coefficient (Wildman–Crippen LogP) is -0.338. The van der Waals surface area contributed by atoms with E-state index in [9.17, 15) is 24.3 Å². The van der Waals surface area contributed by atoms with Gasteiger partial charge in [0.2, 0.25) is 11.8 Å². The Labute approximate surface area is 214 Å². The smallest absolute Gasteiger partial charge is 0.407 e. The zero-order chi connectivity index (χ0) is 28.1. The molecule has 1 heterocycles. The van der Waals surface area contributed by atoms with Crippen molar-refractivity contribution in [2.24, 2.45) is 11.7 Å². The van der Waals surface area contributed by atoms with Crippen molar-refractivity contribution in [1.82, 2.24) is 15.5 Å². The highest BCUT2D eigenvalue weighted by Crippen LogP contribution is 2.17. The van der Waals surface area contributed by atoms with Gasteiger partial charge in [0.25, 0.3) is 5.97 Å². The number of nitrogens with zero attached hydrogens (tertiary/aromatic N) is 2. The Morgan fingerprint density at radius 1 is 1.14 bits per heavy atom. The third kappa shape index (κ3) is 11.7. The van der Waals surface area contributed by atoms with E-state index in [1.54, 1.807) is 24.3 Å². The molecule has 0 aromatic heterocycles. The molecule has 3 amide bonds. The maximum atomic E-state index is 12.5. The number of anilines is 1. The first-order chi connectivity index (χ1) is 17.3. The van der Waals surface area contributed by atoms with Gasteiger partial charge in [-0.05, 0) is 30.2 Å². The van der Waals surface area contributed by atoms with Gasteiger partial charge in [-0.25, -0.2) is 9.59 Å². The number of amides is 3. The number of amidine groups is 1. The summed E-state index contributed by atoms with van der Waals surface area (Å²) in [6, 6.07) is 5.59. The molecule has 1 fully saturated rings. The van der Waals surface area contributed by atoms with Gasteiger partial charge in [-0.15, -0.1) is 0 Å². The van der Waals surface area contributed by atoms with Crippen molar-refractivity contribution < 1.29 is 38.9 Å². The van der Waals surface area contributed by atoms with E-state index in [0.717, 1.165) is 12.6 Å². The van der Waals surface area contributed by atoms with Gasteiger partial charge in [0.05, 0.1) is 19.7 Å². The molecule has 2 rings (SSSR count). The molecule has 1 saturated heterocycles. The zero-order valence-electron chi connectivity index (χ0n) is 21.0. The summed E-state index contributed by atoms with van der Waals surface area (Å²) in [6.45, 7) is 5.22. The predicted molar refractivity (Wildman–Crippen MR) is 133 cm³/mol. The van der Waals surface area contributed by atoms with Crippen LogP contribution in [0.1, 0.15) is 26.3 Å². The number of alkyl carbamates (subject to hydrolysis) is 1. The fraction of sp³-hybridized carbons (Fsp3) is 0.478. The molecule has 14 heteroatoms. The number of nitrogens with one attached hydrogen (secondary N) is 3. The first-order valence-electron chi connectivity index (χ1n) is 11.4. The lowest BCUT2D eigenvalue weighted by atomic mass is 10.1. The average molecular weight is 523 g/mol. The van der Waals surface area contributed by atoms with Crippen LogP contribution in [0.25, 0.3) is 0 Å². The molecule has 1 aliphatic rings. The largest absolute Gasteiger partial charge is 0.481 e. The Hall–Kier alpha value is -4.36. The summed E-state index contributed by atoms with van der Waals surface area (Å²) in [7, 11) is 0. The molecule has 0 saturated carbocycles. The number of carboxylic acids is 2. The minimum absolute atomic E-state index is 0.0405. The third-order valence-corrected chi connectivity index (χ3v) is 4.84. The minimum Gasteiger partial charge on any atom is -0.481 e. The van der Waals surface area contributed by atoms with Crippen molar-refractivity contribution in [3.63, 3.8) is 0 Å². The Morgan fingerprint density at radius 2 is 1.73 bits per heavy atom. The molecule has 1 aromatic carbocycles. The summed E-state index contributed by atoms with van der Waals surface area (Å²) in [5.74, 6) is -2.89. The number of carboxylic acid groups (broad SMARTS) is 2. The van der Waals surface area contributed by atoms with E-state index in [1.165, 1.54) is 4.90 Å². The summed E-state index contributed by atoms with van der Waals surface area (Å²) in [6.07, 6.45) is -0.881. The van der Waals surface area contributed by atoms with E-state index in [-0.39, 0.29) is 43.9 Å². The van der Waals surface area contributed by atoms with Crippen LogP contribution in [-0.2, 0) is 23.9 Å². The number of carbonyl (C=O) groups is 5. The van der Waals surface area contributed by atoms with E-state index in [0.29, 0.717) is 18.7 Å². The Balaban J connectivity index is 0.00000159. The third-order valence-electron chi connectivity index (χ3n) is 4.84. The molecule has 1 atom stereocenters. The summed E-state index contributed by atoms with van der Waals surface area (Å²) in [4.78, 5) is 60.0. The lowest BCUT2D eigenvalue weighted by molar-refractivity contribution is -0.140. The SMILES string of the molecule is CC(=O)O.CC(C)COC(=O)N[C@@H](CNC(=O)CN1CCN(c2ccc(C(=N)N)cc2)CC1=O)C(=O)O. The van der Waals surface area contributed by atoms with Crippen molar-refractivity contribution >= 4 is 41.4 Å².